The maximum atomic E-state index is 15.1. The van der Waals surface area contributed by atoms with Crippen LogP contribution in [0.5, 0.6) is 0 Å². The van der Waals surface area contributed by atoms with Gasteiger partial charge in [0.1, 0.15) is 29.3 Å². The fraction of sp³-hybridized carbons (Fsp3) is 0.179. The first-order valence-corrected chi connectivity index (χ1v) is 25.7. The van der Waals surface area contributed by atoms with Crippen LogP contribution in [0, 0.1) is 0 Å². The van der Waals surface area contributed by atoms with Crippen molar-refractivity contribution in [3.63, 3.8) is 0 Å². The quantitative estimate of drug-likeness (QED) is 0.0280. The number of nitrogens with zero attached hydrogens (tertiary/aromatic N) is 4. The molecule has 2 unspecified atom stereocenters. The van der Waals surface area contributed by atoms with Gasteiger partial charge in [-0.05, 0) is 40.7 Å². The largest absolute Gasteiger partial charge is 0.614 e. The number of amides is 3. The van der Waals surface area contributed by atoms with E-state index in [0.717, 1.165) is 34.4 Å². The second kappa shape index (κ2) is 20.7. The first-order valence-electron chi connectivity index (χ1n) is 23.4. The number of hydrogen-bond acceptors (Lipinski definition) is 11. The average Bonchev–Trinajstić information content (AvgIpc) is 4.15. The maximum absolute atomic E-state index is 15.1. The van der Waals surface area contributed by atoms with Crippen molar-refractivity contribution in [2.75, 3.05) is 30.8 Å². The Hall–Kier alpha value is -8.05. The van der Waals surface area contributed by atoms with Gasteiger partial charge in [0.15, 0.2) is 16.9 Å². The van der Waals surface area contributed by atoms with Crippen molar-refractivity contribution >= 4 is 57.2 Å². The van der Waals surface area contributed by atoms with Crippen molar-refractivity contribution in [3.05, 3.63) is 238 Å². The summed E-state index contributed by atoms with van der Waals surface area (Å²) >= 11 is -0.690. The predicted octanol–water partition coefficient (Wildman–Crippen LogP) is 8.25. The number of carbonyl (C=O) groups excluding carboxylic acids is 3. The van der Waals surface area contributed by atoms with Gasteiger partial charge in [0, 0.05) is 40.7 Å². The van der Waals surface area contributed by atoms with Crippen molar-refractivity contribution < 1.29 is 38.4 Å². The third-order valence-electron chi connectivity index (χ3n) is 13.1. The number of fused-ring (bicyclic) bond motifs is 1. The first-order chi connectivity index (χ1) is 35.2. The van der Waals surface area contributed by atoms with Crippen molar-refractivity contribution in [3.8, 4) is 0 Å². The van der Waals surface area contributed by atoms with Gasteiger partial charge in [-0.1, -0.05) is 187 Å². The van der Waals surface area contributed by atoms with Crippen LogP contribution < -0.4 is 10.6 Å². The summed E-state index contributed by atoms with van der Waals surface area (Å²) in [5.74, 6) is -3.47. The number of likely N-dealkylation sites (tertiary alicyclic amines) is 1. The van der Waals surface area contributed by atoms with Gasteiger partial charge in [-0.3, -0.25) is 14.5 Å². The summed E-state index contributed by atoms with van der Waals surface area (Å²) in [6.45, 7) is 0.567. The van der Waals surface area contributed by atoms with E-state index in [9.17, 15) is 24.0 Å². The van der Waals surface area contributed by atoms with Gasteiger partial charge in [-0.15, -0.1) is 11.3 Å². The monoisotopic (exact) mass is 996 g/mol. The molecule has 3 N–H and O–H groups in total. The van der Waals surface area contributed by atoms with E-state index in [0.29, 0.717) is 34.9 Å². The molecule has 2 fully saturated rings. The Kier molecular flexibility index (Phi) is 13.7. The Balaban J connectivity index is 1.05. The van der Waals surface area contributed by atoms with Crippen molar-refractivity contribution in [2.45, 2.75) is 35.4 Å². The Labute approximate surface area is 422 Å². The topological polar surface area (TPSA) is 186 Å². The number of oxime groups is 1. The molecule has 0 aliphatic carbocycles. The highest BCUT2D eigenvalue weighted by Crippen LogP contribution is 2.43. The van der Waals surface area contributed by atoms with E-state index in [1.165, 1.54) is 16.2 Å². The molecule has 0 saturated carbocycles. The first kappa shape index (κ1) is 47.6. The Morgan fingerprint density at radius 2 is 1.18 bits per heavy atom. The van der Waals surface area contributed by atoms with Crippen LogP contribution in [-0.4, -0.2) is 90.9 Å². The minimum absolute atomic E-state index is 0.0255. The summed E-state index contributed by atoms with van der Waals surface area (Å²) in [6.07, 6.45) is 1.03. The molecular weight excluding hydrogens is 949 g/mol. The molecule has 4 heterocycles. The zero-order valence-electron chi connectivity index (χ0n) is 38.7. The number of rotatable bonds is 16. The fourth-order valence-electron chi connectivity index (χ4n) is 9.69. The molecule has 7 aromatic rings. The summed E-state index contributed by atoms with van der Waals surface area (Å²) in [5, 5.41) is 22.5. The van der Waals surface area contributed by atoms with Crippen LogP contribution in [0.15, 0.2) is 204 Å². The van der Waals surface area contributed by atoms with Gasteiger partial charge in [0.25, 0.3) is 11.8 Å². The standard InChI is InChI=1S/C56H48N6O8S2/c63-49(58-47-50(64)62-48(52(65)66)38(37-72(68)51(47)62)35-69-54(67)61-33-19-20-34-61)46(60-70-56(42-27-13-4-14-28-42,43-29-15-5-16-30-43)44-31-17-6-18-32-44)45-36-71-53(57-45)59-55(39-21-7-1-8-22-39,40-23-9-2-10-24-40)41-25-11-3-12-26-41/h1-18,21-32,36,47,51H,19-20,33-35,37H2,(H,57,59)(H,58,63)(H,65,66)/b60-46-/t47?,51-,72?/m1/s1. The molecule has 16 heteroatoms. The number of nitrogens with one attached hydrogen (secondary N) is 2. The minimum atomic E-state index is -1.92. The van der Waals surface area contributed by atoms with E-state index in [-0.39, 0.29) is 22.7 Å². The number of hydrogen-bond donors (Lipinski definition) is 3. The van der Waals surface area contributed by atoms with E-state index in [4.69, 9.17) is 19.7 Å². The molecule has 10 rings (SSSR count). The van der Waals surface area contributed by atoms with Crippen LogP contribution in [-0.2, 0) is 46.3 Å². The number of carbonyl (C=O) groups is 4. The molecule has 3 atom stereocenters. The number of ether oxygens (including phenoxy) is 1. The Bertz CT molecular complexity index is 2930. The van der Waals surface area contributed by atoms with Crippen molar-refractivity contribution in [2.24, 2.45) is 5.16 Å². The van der Waals surface area contributed by atoms with E-state index >= 15 is 4.79 Å². The third kappa shape index (κ3) is 9.00. The smallest absolute Gasteiger partial charge is 0.410 e. The molecule has 6 aromatic carbocycles. The van der Waals surface area contributed by atoms with Crippen molar-refractivity contribution in [1.82, 2.24) is 20.1 Å². The summed E-state index contributed by atoms with van der Waals surface area (Å²) < 4.78 is 19.5. The molecule has 2 saturated heterocycles. The van der Waals surface area contributed by atoms with Crippen LogP contribution in [0.1, 0.15) is 51.9 Å². The highest BCUT2D eigenvalue weighted by molar-refractivity contribution is 7.92. The van der Waals surface area contributed by atoms with Gasteiger partial charge < -0.3 is 34.8 Å². The summed E-state index contributed by atoms with van der Waals surface area (Å²) in [4.78, 5) is 69.1. The fourth-order valence-corrected chi connectivity index (χ4v) is 12.1. The molecule has 0 spiro atoms. The lowest BCUT2D eigenvalue weighted by atomic mass is 9.77. The van der Waals surface area contributed by atoms with Crippen LogP contribution in [0.4, 0.5) is 9.93 Å². The van der Waals surface area contributed by atoms with Gasteiger partial charge in [-0.2, -0.15) is 0 Å². The van der Waals surface area contributed by atoms with Gasteiger partial charge in [0.2, 0.25) is 11.0 Å². The van der Waals surface area contributed by atoms with Crippen LogP contribution in [0.3, 0.4) is 0 Å². The zero-order chi connectivity index (χ0) is 49.7. The van der Waals surface area contributed by atoms with Crippen LogP contribution in [0.2, 0.25) is 0 Å². The molecule has 0 radical (unpaired) electrons. The average molecular weight is 997 g/mol. The van der Waals surface area contributed by atoms with E-state index in [1.54, 1.807) is 5.38 Å². The summed E-state index contributed by atoms with van der Waals surface area (Å²) in [7, 11) is 0. The number of carboxylic acid groups (broad SMARTS) is 1. The molecule has 3 amide bonds. The highest BCUT2D eigenvalue weighted by atomic mass is 32.2. The maximum Gasteiger partial charge on any atom is 0.410 e. The number of benzene rings is 6. The highest BCUT2D eigenvalue weighted by Gasteiger charge is 2.61. The number of aliphatic carboxylic acids is 1. The lowest BCUT2D eigenvalue weighted by Gasteiger charge is -2.48. The predicted molar refractivity (Wildman–Crippen MR) is 274 cm³/mol. The van der Waals surface area contributed by atoms with E-state index in [1.807, 2.05) is 182 Å². The van der Waals surface area contributed by atoms with Gasteiger partial charge in [0.05, 0.1) is 0 Å². The molecule has 3 aliphatic rings. The lowest BCUT2D eigenvalue weighted by molar-refractivity contribution is -0.150. The van der Waals surface area contributed by atoms with Crippen LogP contribution >= 0.6 is 11.3 Å². The Morgan fingerprint density at radius 3 is 1.64 bits per heavy atom. The second-order valence-electron chi connectivity index (χ2n) is 17.4. The second-order valence-corrected chi connectivity index (χ2v) is 19.8. The molecule has 3 aliphatic heterocycles. The molecule has 362 valence electrons. The number of β-lactam (4-membered cyclic amide) rings is 1. The van der Waals surface area contributed by atoms with E-state index < -0.39 is 69.9 Å². The molecule has 1 aromatic heterocycles. The van der Waals surface area contributed by atoms with Gasteiger partial charge >= 0.3 is 12.1 Å². The molecule has 0 bridgehead atoms. The Morgan fingerprint density at radius 1 is 0.722 bits per heavy atom. The SMILES string of the molecule is O=C(O)C1=C(COC(=O)N2CCCC2)C[S+]([O-])[C@@H]2C(NC(=O)/C(=N\OC(c3ccccc3)(c3ccccc3)c3ccccc3)c3csc(NC(c4ccccc4)(c4ccccc4)c4ccccc4)n3)C(=O)N12. The minimum Gasteiger partial charge on any atom is -0.614 e. The number of aromatic nitrogens is 1. The number of thiazole rings is 1. The lowest BCUT2D eigenvalue weighted by Crippen LogP contribution is -2.75. The van der Waals surface area contributed by atoms with Crippen molar-refractivity contribution in [1.29, 1.82) is 0 Å². The number of anilines is 1. The normalized spacial score (nSPS) is 17.9. The zero-order valence-corrected chi connectivity index (χ0v) is 40.3. The summed E-state index contributed by atoms with van der Waals surface area (Å²) in [6, 6.07) is 56.9. The molecular formula is C56H48N6O8S2. The third-order valence-corrected chi connectivity index (χ3v) is 15.5. The molecule has 14 nitrogen and oxygen atoms in total. The summed E-state index contributed by atoms with van der Waals surface area (Å²) in [5.41, 5.74) is 1.81. The number of carboxylic acids is 1. The van der Waals surface area contributed by atoms with Crippen LogP contribution in [0.25, 0.3) is 0 Å². The van der Waals surface area contributed by atoms with E-state index in [2.05, 4.69) is 10.6 Å². The van der Waals surface area contributed by atoms with Gasteiger partial charge in [-0.25, -0.2) is 14.6 Å². The molecule has 72 heavy (non-hydrogen) atoms.